The van der Waals surface area contributed by atoms with Gasteiger partial charge in [-0.05, 0) is 5.41 Å². The predicted octanol–water partition coefficient (Wildman–Crippen LogP) is 2.75. The van der Waals surface area contributed by atoms with Crippen LogP contribution >= 0.6 is 11.3 Å². The molecule has 0 atom stereocenters. The SMILES string of the molecule is Cn1cc(-c2nc(C(=O)OCC(C)(C)C)cs2)cn1. The molecule has 0 radical (unpaired) electrons. The van der Waals surface area contributed by atoms with Crippen LogP contribution < -0.4 is 0 Å². The Balaban J connectivity index is 2.07. The van der Waals surface area contributed by atoms with Gasteiger partial charge in [-0.3, -0.25) is 4.68 Å². The van der Waals surface area contributed by atoms with Gasteiger partial charge in [-0.1, -0.05) is 20.8 Å². The van der Waals surface area contributed by atoms with Crippen LogP contribution in [0.25, 0.3) is 10.6 Å². The molecule has 2 heterocycles. The lowest BCUT2D eigenvalue weighted by Crippen LogP contribution is -2.18. The van der Waals surface area contributed by atoms with Crippen LogP contribution in [0.4, 0.5) is 0 Å². The van der Waals surface area contributed by atoms with Gasteiger partial charge in [-0.25, -0.2) is 9.78 Å². The zero-order valence-electron chi connectivity index (χ0n) is 11.5. The molecule has 0 unspecified atom stereocenters. The summed E-state index contributed by atoms with van der Waals surface area (Å²) in [7, 11) is 1.84. The maximum Gasteiger partial charge on any atom is 0.357 e. The van der Waals surface area contributed by atoms with E-state index in [1.807, 2.05) is 34.0 Å². The molecular formula is C13H17N3O2S. The second-order valence-corrected chi connectivity index (χ2v) is 6.44. The average Bonchev–Trinajstić information content (AvgIpc) is 2.93. The molecule has 0 bridgehead atoms. The summed E-state index contributed by atoms with van der Waals surface area (Å²) in [5, 5.41) is 6.57. The first kappa shape index (κ1) is 13.7. The number of aryl methyl sites for hydroxylation is 1. The summed E-state index contributed by atoms with van der Waals surface area (Å²) in [5.74, 6) is -0.374. The van der Waals surface area contributed by atoms with Crippen LogP contribution in [0.2, 0.25) is 0 Å². The molecule has 0 aliphatic rings. The van der Waals surface area contributed by atoms with Crippen molar-refractivity contribution in [1.29, 1.82) is 0 Å². The van der Waals surface area contributed by atoms with Gasteiger partial charge >= 0.3 is 5.97 Å². The van der Waals surface area contributed by atoms with Crippen molar-refractivity contribution in [3.05, 3.63) is 23.5 Å². The van der Waals surface area contributed by atoms with Crippen LogP contribution in [-0.4, -0.2) is 27.3 Å². The Kier molecular flexibility index (Phi) is 3.71. The van der Waals surface area contributed by atoms with Crippen molar-refractivity contribution in [3.8, 4) is 10.6 Å². The first-order valence-corrected chi connectivity index (χ1v) is 6.85. The van der Waals surface area contributed by atoms with Crippen LogP contribution in [0.15, 0.2) is 17.8 Å². The fourth-order valence-corrected chi connectivity index (χ4v) is 2.15. The van der Waals surface area contributed by atoms with E-state index in [0.717, 1.165) is 10.6 Å². The highest BCUT2D eigenvalue weighted by atomic mass is 32.1. The molecule has 0 aliphatic carbocycles. The normalized spacial score (nSPS) is 11.6. The fourth-order valence-electron chi connectivity index (χ4n) is 1.39. The first-order valence-electron chi connectivity index (χ1n) is 5.97. The van der Waals surface area contributed by atoms with E-state index in [4.69, 9.17) is 4.74 Å². The molecule has 0 saturated carbocycles. The molecular weight excluding hydrogens is 262 g/mol. The third-order valence-corrected chi connectivity index (χ3v) is 3.19. The Morgan fingerprint density at radius 2 is 2.21 bits per heavy atom. The summed E-state index contributed by atoms with van der Waals surface area (Å²) in [6, 6.07) is 0. The van der Waals surface area contributed by atoms with Crippen LogP contribution in [0, 0.1) is 5.41 Å². The summed E-state index contributed by atoms with van der Waals surface area (Å²) in [4.78, 5) is 16.1. The summed E-state index contributed by atoms with van der Waals surface area (Å²) in [6.07, 6.45) is 3.59. The van der Waals surface area contributed by atoms with Gasteiger partial charge in [0.1, 0.15) is 5.01 Å². The van der Waals surface area contributed by atoms with Crippen molar-refractivity contribution in [2.45, 2.75) is 20.8 Å². The topological polar surface area (TPSA) is 57.0 Å². The highest BCUT2D eigenvalue weighted by Crippen LogP contribution is 2.23. The van der Waals surface area contributed by atoms with Crippen molar-refractivity contribution < 1.29 is 9.53 Å². The fraction of sp³-hybridized carbons (Fsp3) is 0.462. The molecule has 2 aromatic rings. The van der Waals surface area contributed by atoms with E-state index in [1.54, 1.807) is 16.3 Å². The second-order valence-electron chi connectivity index (χ2n) is 5.58. The van der Waals surface area contributed by atoms with Crippen LogP contribution in [-0.2, 0) is 11.8 Å². The summed E-state index contributed by atoms with van der Waals surface area (Å²) in [6.45, 7) is 6.43. The molecule has 0 saturated heterocycles. The van der Waals surface area contributed by atoms with E-state index < -0.39 is 0 Å². The molecule has 0 fully saturated rings. The number of rotatable bonds is 3. The number of carbonyl (C=O) groups excluding carboxylic acids is 1. The zero-order valence-corrected chi connectivity index (χ0v) is 12.3. The second kappa shape index (κ2) is 5.13. The van der Waals surface area contributed by atoms with Gasteiger partial charge in [-0.15, -0.1) is 11.3 Å². The van der Waals surface area contributed by atoms with Gasteiger partial charge in [-0.2, -0.15) is 5.10 Å². The van der Waals surface area contributed by atoms with E-state index in [0.29, 0.717) is 12.3 Å². The number of thiazole rings is 1. The molecule has 0 aromatic carbocycles. The minimum Gasteiger partial charge on any atom is -0.460 e. The Labute approximate surface area is 116 Å². The number of aromatic nitrogens is 3. The number of nitrogens with zero attached hydrogens (tertiary/aromatic N) is 3. The average molecular weight is 279 g/mol. The Morgan fingerprint density at radius 1 is 1.47 bits per heavy atom. The minimum atomic E-state index is -0.374. The molecule has 0 aliphatic heterocycles. The zero-order chi connectivity index (χ0) is 14.0. The quantitative estimate of drug-likeness (QED) is 0.811. The van der Waals surface area contributed by atoms with Gasteiger partial charge in [0, 0.05) is 24.2 Å². The third-order valence-electron chi connectivity index (χ3n) is 2.30. The maximum atomic E-state index is 11.8. The number of hydrogen-bond donors (Lipinski definition) is 0. The Bertz CT molecular complexity index is 581. The minimum absolute atomic E-state index is 0.0438. The van der Waals surface area contributed by atoms with E-state index in [9.17, 15) is 4.79 Å². The van der Waals surface area contributed by atoms with Crippen molar-refractivity contribution in [2.24, 2.45) is 12.5 Å². The highest BCUT2D eigenvalue weighted by molar-refractivity contribution is 7.13. The highest BCUT2D eigenvalue weighted by Gasteiger charge is 2.18. The largest absolute Gasteiger partial charge is 0.460 e. The van der Waals surface area contributed by atoms with E-state index in [-0.39, 0.29) is 11.4 Å². The molecule has 5 nitrogen and oxygen atoms in total. The van der Waals surface area contributed by atoms with Crippen LogP contribution in [0.1, 0.15) is 31.3 Å². The molecule has 0 spiro atoms. The molecule has 0 N–H and O–H groups in total. The standard InChI is InChI=1S/C13H17N3O2S/c1-13(2,3)8-18-12(17)10-7-19-11(15-10)9-5-14-16(4)6-9/h5-7H,8H2,1-4H3. The summed E-state index contributed by atoms with van der Waals surface area (Å²) >= 11 is 1.41. The molecule has 2 aromatic heterocycles. The van der Waals surface area contributed by atoms with Crippen LogP contribution in [0.5, 0.6) is 0 Å². The van der Waals surface area contributed by atoms with Gasteiger partial charge < -0.3 is 4.74 Å². The Morgan fingerprint density at radius 3 is 2.79 bits per heavy atom. The predicted molar refractivity (Wildman–Crippen MR) is 74.1 cm³/mol. The van der Waals surface area contributed by atoms with Gasteiger partial charge in [0.15, 0.2) is 5.69 Å². The Hall–Kier alpha value is -1.69. The maximum absolute atomic E-state index is 11.8. The molecule has 0 amide bonds. The van der Waals surface area contributed by atoms with Crippen molar-refractivity contribution in [2.75, 3.05) is 6.61 Å². The lowest BCUT2D eigenvalue weighted by molar-refractivity contribution is 0.0361. The monoisotopic (exact) mass is 279 g/mol. The number of ether oxygens (including phenoxy) is 1. The summed E-state index contributed by atoms with van der Waals surface area (Å²) < 4.78 is 6.93. The molecule has 2 rings (SSSR count). The lowest BCUT2D eigenvalue weighted by atomic mass is 9.99. The van der Waals surface area contributed by atoms with Gasteiger partial charge in [0.05, 0.1) is 12.8 Å². The van der Waals surface area contributed by atoms with Gasteiger partial charge in [0.2, 0.25) is 0 Å². The number of hydrogen-bond acceptors (Lipinski definition) is 5. The number of carbonyl (C=O) groups is 1. The lowest BCUT2D eigenvalue weighted by Gasteiger charge is -2.17. The van der Waals surface area contributed by atoms with Crippen molar-refractivity contribution in [3.63, 3.8) is 0 Å². The third kappa shape index (κ3) is 3.64. The van der Waals surface area contributed by atoms with E-state index in [1.165, 1.54) is 11.3 Å². The van der Waals surface area contributed by atoms with Crippen molar-refractivity contribution in [1.82, 2.24) is 14.8 Å². The smallest absolute Gasteiger partial charge is 0.357 e. The number of esters is 1. The molecule has 19 heavy (non-hydrogen) atoms. The van der Waals surface area contributed by atoms with E-state index >= 15 is 0 Å². The van der Waals surface area contributed by atoms with E-state index in [2.05, 4.69) is 10.1 Å². The first-order chi connectivity index (χ1) is 8.85. The van der Waals surface area contributed by atoms with Crippen LogP contribution in [0.3, 0.4) is 0 Å². The molecule has 102 valence electrons. The van der Waals surface area contributed by atoms with Gasteiger partial charge in [0.25, 0.3) is 0 Å². The molecule has 6 heteroatoms. The van der Waals surface area contributed by atoms with Crippen molar-refractivity contribution >= 4 is 17.3 Å². The summed E-state index contributed by atoms with van der Waals surface area (Å²) in [5.41, 5.74) is 1.22.